The summed E-state index contributed by atoms with van der Waals surface area (Å²) in [7, 11) is 0. The van der Waals surface area contributed by atoms with Crippen molar-refractivity contribution in [3.8, 4) is 5.69 Å². The fourth-order valence-corrected chi connectivity index (χ4v) is 1.19. The number of halogens is 1. The molecule has 1 radical (unpaired) electrons. The number of aromatic amines is 1. The highest BCUT2D eigenvalue weighted by Crippen LogP contribution is 2.07. The molecule has 73 valence electrons. The van der Waals surface area contributed by atoms with Gasteiger partial charge in [0.25, 0.3) is 0 Å². The van der Waals surface area contributed by atoms with E-state index in [9.17, 15) is 4.39 Å². The highest BCUT2D eigenvalue weighted by Gasteiger charge is 2.06. The topological polar surface area (TPSA) is 72.3 Å². The molecule has 3 aromatic rings. The molecule has 0 fully saturated rings. The highest BCUT2D eigenvalue weighted by atomic mass is 19.1. The Balaban J connectivity index is 2.13. The molecule has 0 aliphatic heterocycles. The summed E-state index contributed by atoms with van der Waals surface area (Å²) in [5, 5.41) is 8.11. The SMILES string of the molecule is Fc1ccc(-n2nc3n[c][nH]c3n2)cn1. The van der Waals surface area contributed by atoms with Gasteiger partial charge in [-0.05, 0) is 12.1 Å². The molecule has 0 atom stereocenters. The molecule has 3 aromatic heterocycles. The van der Waals surface area contributed by atoms with Gasteiger partial charge >= 0.3 is 0 Å². The van der Waals surface area contributed by atoms with Crippen LogP contribution in [0.4, 0.5) is 4.39 Å². The second-order valence-corrected chi connectivity index (χ2v) is 2.85. The predicted octanol–water partition coefficient (Wildman–Crippen LogP) is 0.478. The van der Waals surface area contributed by atoms with E-state index in [1.54, 1.807) is 0 Å². The number of H-pyrrole nitrogens is 1. The molecule has 0 saturated heterocycles. The van der Waals surface area contributed by atoms with Crippen LogP contribution in [-0.4, -0.2) is 29.9 Å². The van der Waals surface area contributed by atoms with Crippen molar-refractivity contribution in [3.63, 3.8) is 0 Å². The maximum absolute atomic E-state index is 12.6. The summed E-state index contributed by atoms with van der Waals surface area (Å²) in [4.78, 5) is 11.3. The number of hydrogen-bond acceptors (Lipinski definition) is 4. The largest absolute Gasteiger partial charge is 0.317 e. The van der Waals surface area contributed by atoms with Crippen molar-refractivity contribution in [1.29, 1.82) is 0 Å². The van der Waals surface area contributed by atoms with Gasteiger partial charge in [0.15, 0.2) is 6.33 Å². The third-order valence-corrected chi connectivity index (χ3v) is 1.87. The molecule has 0 spiro atoms. The van der Waals surface area contributed by atoms with Crippen LogP contribution in [0.3, 0.4) is 0 Å². The van der Waals surface area contributed by atoms with Crippen LogP contribution in [0.25, 0.3) is 17.0 Å². The molecule has 3 heterocycles. The zero-order valence-corrected chi connectivity index (χ0v) is 7.35. The summed E-state index contributed by atoms with van der Waals surface area (Å²) in [6, 6.07) is 2.78. The molecule has 6 nitrogen and oxygen atoms in total. The summed E-state index contributed by atoms with van der Waals surface area (Å²) in [6.07, 6.45) is 3.86. The summed E-state index contributed by atoms with van der Waals surface area (Å²) in [5.74, 6) is -0.539. The smallest absolute Gasteiger partial charge is 0.221 e. The van der Waals surface area contributed by atoms with Crippen LogP contribution in [0, 0.1) is 12.3 Å². The lowest BCUT2D eigenvalue weighted by Crippen LogP contribution is -2.00. The van der Waals surface area contributed by atoms with E-state index in [0.717, 1.165) is 0 Å². The first-order valence-corrected chi connectivity index (χ1v) is 4.14. The van der Waals surface area contributed by atoms with E-state index in [2.05, 4.69) is 31.5 Å². The first-order valence-electron chi connectivity index (χ1n) is 4.14. The quantitative estimate of drug-likeness (QED) is 0.584. The average Bonchev–Trinajstić information content (AvgIpc) is 2.78. The number of imidazole rings is 1. The Hall–Kier alpha value is -2.31. The van der Waals surface area contributed by atoms with Gasteiger partial charge in [0.2, 0.25) is 17.2 Å². The molecule has 0 aliphatic rings. The van der Waals surface area contributed by atoms with E-state index in [1.807, 2.05) is 0 Å². The molecule has 15 heavy (non-hydrogen) atoms. The highest BCUT2D eigenvalue weighted by molar-refractivity contribution is 5.63. The minimum atomic E-state index is -0.539. The fraction of sp³-hybridized carbons (Fsp3) is 0. The number of rotatable bonds is 1. The third-order valence-electron chi connectivity index (χ3n) is 1.87. The van der Waals surface area contributed by atoms with Gasteiger partial charge in [0, 0.05) is 0 Å². The molecule has 0 saturated carbocycles. The lowest BCUT2D eigenvalue weighted by atomic mass is 10.4. The van der Waals surface area contributed by atoms with E-state index < -0.39 is 5.95 Å². The number of aromatic nitrogens is 6. The van der Waals surface area contributed by atoms with Crippen molar-refractivity contribution in [2.45, 2.75) is 0 Å². The van der Waals surface area contributed by atoms with Crippen molar-refractivity contribution in [1.82, 2.24) is 29.9 Å². The molecule has 1 N–H and O–H groups in total. The van der Waals surface area contributed by atoms with E-state index in [0.29, 0.717) is 17.0 Å². The van der Waals surface area contributed by atoms with Gasteiger partial charge in [-0.2, -0.15) is 4.39 Å². The van der Waals surface area contributed by atoms with Gasteiger partial charge in [-0.15, -0.1) is 15.0 Å². The Kier molecular flexibility index (Phi) is 1.52. The first kappa shape index (κ1) is 8.04. The van der Waals surface area contributed by atoms with Gasteiger partial charge in [-0.3, -0.25) is 0 Å². The standard InChI is InChI=1S/C8H4FN6/c9-6-2-1-5(3-10-6)15-13-7-8(14-15)12-4-11-7/h1-3H,(H,11,12,13,14). The van der Waals surface area contributed by atoms with Gasteiger partial charge in [-0.1, -0.05) is 0 Å². The normalized spacial score (nSPS) is 11.0. The van der Waals surface area contributed by atoms with Crippen LogP contribution in [0.15, 0.2) is 18.3 Å². The van der Waals surface area contributed by atoms with Crippen molar-refractivity contribution in [2.24, 2.45) is 0 Å². The van der Waals surface area contributed by atoms with Gasteiger partial charge < -0.3 is 4.98 Å². The Bertz CT molecular complexity index is 566. The molecule has 0 aliphatic carbocycles. The first-order chi connectivity index (χ1) is 7.33. The number of fused-ring (bicyclic) bond motifs is 1. The minimum Gasteiger partial charge on any atom is -0.317 e. The zero-order chi connectivity index (χ0) is 10.3. The molecule has 0 unspecified atom stereocenters. The van der Waals surface area contributed by atoms with E-state index in [4.69, 9.17) is 0 Å². The Morgan fingerprint density at radius 2 is 2.27 bits per heavy atom. The predicted molar refractivity (Wildman–Crippen MR) is 47.6 cm³/mol. The molecular weight excluding hydrogens is 199 g/mol. The van der Waals surface area contributed by atoms with Crippen molar-refractivity contribution >= 4 is 11.3 Å². The summed E-state index contributed by atoms with van der Waals surface area (Å²) < 4.78 is 12.6. The van der Waals surface area contributed by atoms with E-state index in [-0.39, 0.29) is 0 Å². The number of nitrogens with zero attached hydrogens (tertiary/aromatic N) is 5. The second kappa shape index (κ2) is 2.84. The molecule has 0 aromatic carbocycles. The van der Waals surface area contributed by atoms with Crippen LogP contribution in [0.5, 0.6) is 0 Å². The molecule has 0 amide bonds. The van der Waals surface area contributed by atoms with Crippen LogP contribution in [0.2, 0.25) is 0 Å². The van der Waals surface area contributed by atoms with Gasteiger partial charge in [0.05, 0.1) is 6.20 Å². The third kappa shape index (κ3) is 1.25. The molecule has 7 heteroatoms. The summed E-state index contributed by atoms with van der Waals surface area (Å²) in [6.45, 7) is 0. The van der Waals surface area contributed by atoms with Gasteiger partial charge in [-0.25, -0.2) is 9.97 Å². The average molecular weight is 203 g/mol. The van der Waals surface area contributed by atoms with E-state index >= 15 is 0 Å². The Morgan fingerprint density at radius 3 is 3.00 bits per heavy atom. The lowest BCUT2D eigenvalue weighted by Gasteiger charge is -1.96. The van der Waals surface area contributed by atoms with Crippen molar-refractivity contribution in [3.05, 3.63) is 30.6 Å². The summed E-state index contributed by atoms with van der Waals surface area (Å²) in [5.41, 5.74) is 1.56. The summed E-state index contributed by atoms with van der Waals surface area (Å²) >= 11 is 0. The molecule has 3 rings (SSSR count). The van der Waals surface area contributed by atoms with Crippen molar-refractivity contribution in [2.75, 3.05) is 0 Å². The van der Waals surface area contributed by atoms with Crippen LogP contribution >= 0.6 is 0 Å². The van der Waals surface area contributed by atoms with E-state index in [1.165, 1.54) is 23.1 Å². The fourth-order valence-electron chi connectivity index (χ4n) is 1.19. The zero-order valence-electron chi connectivity index (χ0n) is 7.35. The van der Waals surface area contributed by atoms with Crippen LogP contribution < -0.4 is 0 Å². The van der Waals surface area contributed by atoms with Gasteiger partial charge in [0.1, 0.15) is 5.69 Å². The molecule has 0 bridgehead atoms. The molecular formula is C8H4FN6. The van der Waals surface area contributed by atoms with Crippen LogP contribution in [-0.2, 0) is 0 Å². The second-order valence-electron chi connectivity index (χ2n) is 2.85. The lowest BCUT2D eigenvalue weighted by molar-refractivity contribution is 0.581. The Morgan fingerprint density at radius 1 is 1.33 bits per heavy atom. The maximum Gasteiger partial charge on any atom is 0.221 e. The maximum atomic E-state index is 12.6. The van der Waals surface area contributed by atoms with Crippen molar-refractivity contribution < 1.29 is 4.39 Å². The number of pyridine rings is 1. The monoisotopic (exact) mass is 203 g/mol. The number of hydrogen-bond donors (Lipinski definition) is 1. The minimum absolute atomic E-state index is 0.458. The van der Waals surface area contributed by atoms with Crippen LogP contribution in [0.1, 0.15) is 0 Å². The Labute approximate surface area is 82.8 Å². The number of nitrogens with one attached hydrogen (secondary N) is 1.